The fourth-order valence-electron chi connectivity index (χ4n) is 1.19. The standard InChI is InChI=1S/C10H12N2O4/c1-2-16-8(13)5-7-9(11)6(10(14)15)3-4-12-7/h3-4H,2,5,11H2,1H3,(H,14,15). The SMILES string of the molecule is CCOC(=O)Cc1nccc(C(=O)O)c1N. The predicted molar refractivity (Wildman–Crippen MR) is 55.9 cm³/mol. The first-order chi connectivity index (χ1) is 7.56. The van der Waals surface area contributed by atoms with Gasteiger partial charge in [0, 0.05) is 6.20 Å². The number of carboxylic acid groups (broad SMARTS) is 1. The molecule has 16 heavy (non-hydrogen) atoms. The number of rotatable bonds is 4. The molecule has 0 saturated heterocycles. The average Bonchev–Trinajstić information content (AvgIpc) is 2.21. The Morgan fingerprint density at radius 2 is 2.25 bits per heavy atom. The van der Waals surface area contributed by atoms with Gasteiger partial charge in [-0.2, -0.15) is 0 Å². The van der Waals surface area contributed by atoms with E-state index in [1.54, 1.807) is 6.92 Å². The Labute approximate surface area is 92.0 Å². The van der Waals surface area contributed by atoms with E-state index in [0.29, 0.717) is 0 Å². The lowest BCUT2D eigenvalue weighted by molar-refractivity contribution is -0.142. The minimum Gasteiger partial charge on any atom is -0.478 e. The minimum atomic E-state index is -1.15. The molecule has 86 valence electrons. The third kappa shape index (κ3) is 2.69. The summed E-state index contributed by atoms with van der Waals surface area (Å²) in [6.07, 6.45) is 1.18. The highest BCUT2D eigenvalue weighted by atomic mass is 16.5. The first-order valence-corrected chi connectivity index (χ1v) is 4.68. The van der Waals surface area contributed by atoms with E-state index in [-0.39, 0.29) is 30.0 Å². The summed E-state index contributed by atoms with van der Waals surface area (Å²) >= 11 is 0. The van der Waals surface area contributed by atoms with Crippen molar-refractivity contribution in [3.8, 4) is 0 Å². The van der Waals surface area contributed by atoms with E-state index >= 15 is 0 Å². The Morgan fingerprint density at radius 3 is 2.81 bits per heavy atom. The number of aromatic nitrogens is 1. The first-order valence-electron chi connectivity index (χ1n) is 4.68. The molecular weight excluding hydrogens is 212 g/mol. The highest BCUT2D eigenvalue weighted by Crippen LogP contribution is 2.15. The first kappa shape index (κ1) is 12.0. The number of anilines is 1. The summed E-state index contributed by atoms with van der Waals surface area (Å²) in [5, 5.41) is 8.80. The van der Waals surface area contributed by atoms with Crippen LogP contribution in [0.2, 0.25) is 0 Å². The second-order valence-corrected chi connectivity index (χ2v) is 3.01. The second-order valence-electron chi connectivity index (χ2n) is 3.01. The van der Waals surface area contributed by atoms with Gasteiger partial charge in [-0.05, 0) is 13.0 Å². The molecule has 6 nitrogen and oxygen atoms in total. The van der Waals surface area contributed by atoms with Gasteiger partial charge in [-0.3, -0.25) is 9.78 Å². The number of carbonyl (C=O) groups is 2. The number of nitrogens with zero attached hydrogens (tertiary/aromatic N) is 1. The second kappa shape index (κ2) is 5.11. The van der Waals surface area contributed by atoms with Gasteiger partial charge < -0.3 is 15.6 Å². The van der Waals surface area contributed by atoms with E-state index in [1.807, 2.05) is 0 Å². The lowest BCUT2D eigenvalue weighted by atomic mass is 10.1. The fourth-order valence-corrected chi connectivity index (χ4v) is 1.19. The number of carbonyl (C=O) groups excluding carboxylic acids is 1. The summed E-state index contributed by atoms with van der Waals surface area (Å²) in [4.78, 5) is 25.8. The van der Waals surface area contributed by atoms with Gasteiger partial charge in [0.15, 0.2) is 0 Å². The normalized spacial score (nSPS) is 9.81. The monoisotopic (exact) mass is 224 g/mol. The third-order valence-corrected chi connectivity index (χ3v) is 1.92. The van der Waals surface area contributed by atoms with Crippen LogP contribution < -0.4 is 5.73 Å². The molecule has 0 aromatic carbocycles. The molecule has 0 atom stereocenters. The number of hydrogen-bond acceptors (Lipinski definition) is 5. The number of aromatic carboxylic acids is 1. The molecule has 0 aliphatic carbocycles. The van der Waals surface area contributed by atoms with Gasteiger partial charge in [-0.1, -0.05) is 0 Å². The van der Waals surface area contributed by atoms with Crippen LogP contribution in [0, 0.1) is 0 Å². The van der Waals surface area contributed by atoms with Crippen molar-refractivity contribution in [3.63, 3.8) is 0 Å². The van der Waals surface area contributed by atoms with Crippen LogP contribution in [0.15, 0.2) is 12.3 Å². The van der Waals surface area contributed by atoms with Crippen molar-refractivity contribution in [3.05, 3.63) is 23.5 Å². The summed E-state index contributed by atoms with van der Waals surface area (Å²) in [5.41, 5.74) is 5.74. The minimum absolute atomic E-state index is 0.00283. The number of carboxylic acids is 1. The molecule has 6 heteroatoms. The highest BCUT2D eigenvalue weighted by Gasteiger charge is 2.15. The molecule has 0 saturated carbocycles. The van der Waals surface area contributed by atoms with Gasteiger partial charge in [-0.25, -0.2) is 4.79 Å². The van der Waals surface area contributed by atoms with E-state index in [2.05, 4.69) is 4.98 Å². The molecule has 1 heterocycles. The molecule has 1 aromatic rings. The van der Waals surface area contributed by atoms with Gasteiger partial charge in [0.2, 0.25) is 0 Å². The number of ether oxygens (including phenoxy) is 1. The molecule has 0 aliphatic heterocycles. The molecule has 0 fully saturated rings. The largest absolute Gasteiger partial charge is 0.478 e. The van der Waals surface area contributed by atoms with Gasteiger partial charge in [0.25, 0.3) is 0 Å². The Hall–Kier alpha value is -2.11. The molecular formula is C10H12N2O4. The van der Waals surface area contributed by atoms with Crippen molar-refractivity contribution in [2.75, 3.05) is 12.3 Å². The molecule has 0 bridgehead atoms. The van der Waals surface area contributed by atoms with Crippen molar-refractivity contribution in [1.82, 2.24) is 4.98 Å². The lowest BCUT2D eigenvalue weighted by Gasteiger charge is -2.06. The van der Waals surface area contributed by atoms with Crippen LogP contribution in [-0.2, 0) is 16.0 Å². The maximum absolute atomic E-state index is 11.2. The van der Waals surface area contributed by atoms with Gasteiger partial charge >= 0.3 is 11.9 Å². The van der Waals surface area contributed by atoms with Crippen LogP contribution in [0.4, 0.5) is 5.69 Å². The Morgan fingerprint density at radius 1 is 1.56 bits per heavy atom. The maximum atomic E-state index is 11.2. The van der Waals surface area contributed by atoms with Crippen LogP contribution in [0.1, 0.15) is 23.0 Å². The summed E-state index contributed by atoms with van der Waals surface area (Å²) in [7, 11) is 0. The number of nitrogen functional groups attached to an aromatic ring is 1. The summed E-state index contributed by atoms with van der Waals surface area (Å²) in [5.74, 6) is -1.63. The number of esters is 1. The quantitative estimate of drug-likeness (QED) is 0.720. The topological polar surface area (TPSA) is 103 Å². The van der Waals surface area contributed by atoms with Crippen LogP contribution >= 0.6 is 0 Å². The molecule has 0 spiro atoms. The molecule has 0 aliphatic rings. The smallest absolute Gasteiger partial charge is 0.337 e. The molecule has 0 unspecified atom stereocenters. The zero-order valence-corrected chi connectivity index (χ0v) is 8.77. The summed E-state index contributed by atoms with van der Waals surface area (Å²) in [6.45, 7) is 1.94. The highest BCUT2D eigenvalue weighted by molar-refractivity contribution is 5.94. The van der Waals surface area contributed by atoms with Crippen molar-refractivity contribution in [2.45, 2.75) is 13.3 Å². The van der Waals surface area contributed by atoms with E-state index < -0.39 is 11.9 Å². The van der Waals surface area contributed by atoms with Crippen molar-refractivity contribution in [2.24, 2.45) is 0 Å². The van der Waals surface area contributed by atoms with Crippen LogP contribution in [0.5, 0.6) is 0 Å². The van der Waals surface area contributed by atoms with Crippen molar-refractivity contribution >= 4 is 17.6 Å². The Kier molecular flexibility index (Phi) is 3.82. The zero-order valence-electron chi connectivity index (χ0n) is 8.77. The van der Waals surface area contributed by atoms with E-state index in [0.717, 1.165) is 0 Å². The molecule has 1 rings (SSSR count). The number of pyridine rings is 1. The lowest BCUT2D eigenvalue weighted by Crippen LogP contribution is -2.13. The molecule has 3 N–H and O–H groups in total. The predicted octanol–water partition coefficient (Wildman–Crippen LogP) is 0.468. The van der Waals surface area contributed by atoms with Gasteiger partial charge in [0.1, 0.15) is 0 Å². The summed E-state index contributed by atoms with van der Waals surface area (Å²) < 4.78 is 4.72. The average molecular weight is 224 g/mol. The van der Waals surface area contributed by atoms with E-state index in [1.165, 1.54) is 12.3 Å². The number of hydrogen-bond donors (Lipinski definition) is 2. The van der Waals surface area contributed by atoms with E-state index in [9.17, 15) is 9.59 Å². The maximum Gasteiger partial charge on any atom is 0.337 e. The Bertz CT molecular complexity index is 417. The van der Waals surface area contributed by atoms with E-state index in [4.69, 9.17) is 15.6 Å². The number of nitrogens with two attached hydrogens (primary N) is 1. The van der Waals surface area contributed by atoms with Crippen LogP contribution in [0.3, 0.4) is 0 Å². The van der Waals surface area contributed by atoms with Crippen LogP contribution in [0.25, 0.3) is 0 Å². The molecule has 0 radical (unpaired) electrons. The fraction of sp³-hybridized carbons (Fsp3) is 0.300. The van der Waals surface area contributed by atoms with Gasteiger partial charge in [-0.15, -0.1) is 0 Å². The Balaban J connectivity index is 2.93. The molecule has 0 amide bonds. The zero-order chi connectivity index (χ0) is 12.1. The van der Waals surface area contributed by atoms with Gasteiger partial charge in [0.05, 0.1) is 30.0 Å². The third-order valence-electron chi connectivity index (χ3n) is 1.92. The summed E-state index contributed by atoms with van der Waals surface area (Å²) in [6, 6.07) is 1.28. The van der Waals surface area contributed by atoms with Crippen molar-refractivity contribution in [1.29, 1.82) is 0 Å². The van der Waals surface area contributed by atoms with Crippen LogP contribution in [-0.4, -0.2) is 28.6 Å². The molecule has 1 aromatic heterocycles. The van der Waals surface area contributed by atoms with Crippen molar-refractivity contribution < 1.29 is 19.4 Å².